The predicted molar refractivity (Wildman–Crippen MR) is 96.3 cm³/mol. The van der Waals surface area contributed by atoms with Crippen LogP contribution in [0, 0.1) is 6.92 Å². The Labute approximate surface area is 145 Å². The molecule has 0 spiro atoms. The van der Waals surface area contributed by atoms with Crippen LogP contribution in [0.1, 0.15) is 18.1 Å². The van der Waals surface area contributed by atoms with Crippen molar-refractivity contribution in [3.05, 3.63) is 68.4 Å². The van der Waals surface area contributed by atoms with E-state index in [9.17, 15) is 14.4 Å². The molecule has 0 atom stereocenters. The Morgan fingerprint density at radius 2 is 2.08 bits per heavy atom. The van der Waals surface area contributed by atoms with Crippen LogP contribution in [-0.2, 0) is 22.5 Å². The lowest BCUT2D eigenvalue weighted by Gasteiger charge is -2.10. The van der Waals surface area contributed by atoms with Gasteiger partial charge in [-0.1, -0.05) is 19.1 Å². The van der Waals surface area contributed by atoms with Gasteiger partial charge in [0.1, 0.15) is 5.82 Å². The number of H-pyrrole nitrogens is 1. The molecule has 2 aromatic rings. The van der Waals surface area contributed by atoms with E-state index in [0.717, 1.165) is 22.8 Å². The van der Waals surface area contributed by atoms with Crippen LogP contribution >= 0.6 is 0 Å². The third-order valence-corrected chi connectivity index (χ3v) is 3.77. The zero-order valence-corrected chi connectivity index (χ0v) is 14.5. The molecule has 25 heavy (non-hydrogen) atoms. The molecule has 0 saturated heterocycles. The summed E-state index contributed by atoms with van der Waals surface area (Å²) in [5.41, 5.74) is 2.14. The highest BCUT2D eigenvalue weighted by molar-refractivity contribution is 5.81. The van der Waals surface area contributed by atoms with Crippen molar-refractivity contribution in [2.24, 2.45) is 0 Å². The SMILES string of the molecule is CCc1cc(Nc2cc(=O)n(C/C=C/C(=O)OC)c(=O)[nH]2)ccc1C. The number of aromatic amines is 1. The molecule has 1 aromatic carbocycles. The summed E-state index contributed by atoms with van der Waals surface area (Å²) in [5.74, 6) is -0.233. The van der Waals surface area contributed by atoms with Crippen LogP contribution in [-0.4, -0.2) is 22.6 Å². The Morgan fingerprint density at radius 1 is 1.32 bits per heavy atom. The molecule has 0 aliphatic rings. The number of carbonyl (C=O) groups is 1. The molecule has 132 valence electrons. The van der Waals surface area contributed by atoms with Gasteiger partial charge in [0.2, 0.25) is 0 Å². The summed E-state index contributed by atoms with van der Waals surface area (Å²) in [4.78, 5) is 37.8. The first-order valence-electron chi connectivity index (χ1n) is 7.89. The van der Waals surface area contributed by atoms with E-state index in [1.54, 1.807) is 0 Å². The number of anilines is 2. The normalized spacial score (nSPS) is 10.8. The van der Waals surface area contributed by atoms with Crippen molar-refractivity contribution >= 4 is 17.5 Å². The van der Waals surface area contributed by atoms with Gasteiger partial charge in [-0.15, -0.1) is 0 Å². The highest BCUT2D eigenvalue weighted by Crippen LogP contribution is 2.18. The molecular weight excluding hydrogens is 322 g/mol. The number of hydrogen-bond acceptors (Lipinski definition) is 5. The van der Waals surface area contributed by atoms with Crippen molar-refractivity contribution in [3.8, 4) is 0 Å². The minimum absolute atomic E-state index is 0.0198. The van der Waals surface area contributed by atoms with Gasteiger partial charge in [0, 0.05) is 24.4 Å². The average Bonchev–Trinajstić information content (AvgIpc) is 2.58. The van der Waals surface area contributed by atoms with Crippen LogP contribution in [0.4, 0.5) is 11.5 Å². The van der Waals surface area contributed by atoms with Crippen LogP contribution in [0.25, 0.3) is 0 Å². The monoisotopic (exact) mass is 343 g/mol. The number of aryl methyl sites for hydroxylation is 2. The van der Waals surface area contributed by atoms with Crippen LogP contribution < -0.4 is 16.6 Å². The fourth-order valence-electron chi connectivity index (χ4n) is 2.37. The maximum absolute atomic E-state index is 12.1. The van der Waals surface area contributed by atoms with Gasteiger partial charge in [0.15, 0.2) is 0 Å². The molecule has 0 bridgehead atoms. The molecule has 0 unspecified atom stereocenters. The van der Waals surface area contributed by atoms with Gasteiger partial charge in [0.25, 0.3) is 5.56 Å². The first-order chi connectivity index (χ1) is 11.9. The minimum atomic E-state index is -0.563. The molecule has 0 aliphatic heterocycles. The van der Waals surface area contributed by atoms with Gasteiger partial charge in [0.05, 0.1) is 7.11 Å². The van der Waals surface area contributed by atoms with Crippen molar-refractivity contribution in [2.75, 3.05) is 12.4 Å². The molecule has 0 fully saturated rings. The van der Waals surface area contributed by atoms with Crippen LogP contribution in [0.15, 0.2) is 46.0 Å². The second-order valence-electron chi connectivity index (χ2n) is 5.48. The third-order valence-electron chi connectivity index (χ3n) is 3.77. The van der Waals surface area contributed by atoms with E-state index in [1.807, 2.05) is 25.1 Å². The largest absolute Gasteiger partial charge is 0.466 e. The fraction of sp³-hybridized carbons (Fsp3) is 0.278. The minimum Gasteiger partial charge on any atom is -0.466 e. The highest BCUT2D eigenvalue weighted by atomic mass is 16.5. The zero-order valence-electron chi connectivity index (χ0n) is 14.5. The van der Waals surface area contributed by atoms with Gasteiger partial charge in [-0.2, -0.15) is 0 Å². The Kier molecular flexibility index (Phi) is 5.94. The number of hydrogen-bond donors (Lipinski definition) is 2. The van der Waals surface area contributed by atoms with Crippen molar-refractivity contribution < 1.29 is 9.53 Å². The van der Waals surface area contributed by atoms with Crippen molar-refractivity contribution in [1.29, 1.82) is 0 Å². The predicted octanol–water partition coefficient (Wildman–Crippen LogP) is 1.88. The zero-order chi connectivity index (χ0) is 18.4. The van der Waals surface area contributed by atoms with E-state index in [0.29, 0.717) is 5.82 Å². The van der Waals surface area contributed by atoms with E-state index >= 15 is 0 Å². The van der Waals surface area contributed by atoms with E-state index < -0.39 is 17.2 Å². The van der Waals surface area contributed by atoms with Gasteiger partial charge in [-0.25, -0.2) is 9.59 Å². The van der Waals surface area contributed by atoms with E-state index in [-0.39, 0.29) is 6.54 Å². The number of ether oxygens (including phenoxy) is 1. The summed E-state index contributed by atoms with van der Waals surface area (Å²) in [7, 11) is 1.25. The molecule has 1 aromatic heterocycles. The summed E-state index contributed by atoms with van der Waals surface area (Å²) in [5, 5.41) is 3.04. The number of benzene rings is 1. The molecule has 7 nitrogen and oxygen atoms in total. The lowest BCUT2D eigenvalue weighted by molar-refractivity contribution is -0.134. The molecule has 0 aliphatic carbocycles. The quantitative estimate of drug-likeness (QED) is 0.617. The highest BCUT2D eigenvalue weighted by Gasteiger charge is 2.05. The van der Waals surface area contributed by atoms with E-state index in [4.69, 9.17) is 0 Å². The van der Waals surface area contributed by atoms with Gasteiger partial charge in [-0.05, 0) is 36.6 Å². The molecule has 2 N–H and O–H groups in total. The molecule has 0 saturated carbocycles. The lowest BCUT2D eigenvalue weighted by Crippen LogP contribution is -2.34. The molecule has 0 radical (unpaired) electrons. The number of methoxy groups -OCH3 is 1. The van der Waals surface area contributed by atoms with Crippen LogP contribution in [0.2, 0.25) is 0 Å². The topological polar surface area (TPSA) is 93.2 Å². The van der Waals surface area contributed by atoms with Crippen molar-refractivity contribution in [1.82, 2.24) is 9.55 Å². The Morgan fingerprint density at radius 3 is 2.72 bits per heavy atom. The Bertz CT molecular complexity index is 878. The summed E-state index contributed by atoms with van der Waals surface area (Å²) in [6.45, 7) is 4.08. The maximum atomic E-state index is 12.1. The first kappa shape index (κ1) is 18.3. The number of rotatable bonds is 6. The van der Waals surface area contributed by atoms with Crippen LogP contribution in [0.3, 0.4) is 0 Å². The van der Waals surface area contributed by atoms with E-state index in [2.05, 4.69) is 22.0 Å². The van der Waals surface area contributed by atoms with Gasteiger partial charge < -0.3 is 10.1 Å². The summed E-state index contributed by atoms with van der Waals surface area (Å²) in [6, 6.07) is 7.16. The number of allylic oxidation sites excluding steroid dienone is 1. The van der Waals surface area contributed by atoms with Crippen molar-refractivity contribution in [2.45, 2.75) is 26.8 Å². The molecule has 2 rings (SSSR count). The third kappa shape index (κ3) is 4.69. The summed E-state index contributed by atoms with van der Waals surface area (Å²) in [6.07, 6.45) is 3.45. The van der Waals surface area contributed by atoms with Crippen molar-refractivity contribution in [3.63, 3.8) is 0 Å². The number of nitrogens with zero attached hydrogens (tertiary/aromatic N) is 1. The van der Waals surface area contributed by atoms with Gasteiger partial charge >= 0.3 is 11.7 Å². The second kappa shape index (κ2) is 8.14. The Hall–Kier alpha value is -3.09. The lowest BCUT2D eigenvalue weighted by atomic mass is 10.1. The smallest absolute Gasteiger partial charge is 0.330 e. The molecule has 0 amide bonds. The summed E-state index contributed by atoms with van der Waals surface area (Å²) < 4.78 is 5.44. The average molecular weight is 343 g/mol. The molecular formula is C18H21N3O4. The number of carbonyl (C=O) groups excluding carboxylic acids is 1. The number of aromatic nitrogens is 2. The second-order valence-corrected chi connectivity index (χ2v) is 5.48. The molecule has 7 heteroatoms. The van der Waals surface area contributed by atoms with Gasteiger partial charge in [-0.3, -0.25) is 14.3 Å². The number of nitrogens with one attached hydrogen (secondary N) is 2. The number of esters is 1. The summed E-state index contributed by atoms with van der Waals surface area (Å²) >= 11 is 0. The maximum Gasteiger partial charge on any atom is 0.330 e. The standard InChI is InChI=1S/C18H21N3O4/c1-4-13-10-14(8-7-12(13)2)19-15-11-16(22)21(18(24)20-15)9-5-6-17(23)25-3/h5-8,10-11,19H,4,9H2,1-3H3,(H,20,24)/b6-5+. The van der Waals surface area contributed by atoms with E-state index in [1.165, 1.54) is 30.4 Å². The Balaban J connectivity index is 2.22. The first-order valence-corrected chi connectivity index (χ1v) is 7.89. The molecule has 1 heterocycles. The van der Waals surface area contributed by atoms with Crippen LogP contribution in [0.5, 0.6) is 0 Å². The fourth-order valence-corrected chi connectivity index (χ4v) is 2.37.